The van der Waals surface area contributed by atoms with Gasteiger partial charge in [0, 0.05) is 27.7 Å². The molecule has 1 fully saturated rings. The van der Waals surface area contributed by atoms with Crippen molar-refractivity contribution in [2.45, 2.75) is 77.4 Å². The number of esters is 4. The zero-order valence-corrected chi connectivity index (χ0v) is 17.7. The van der Waals surface area contributed by atoms with Crippen LogP contribution in [0.3, 0.4) is 0 Å². The summed E-state index contributed by atoms with van der Waals surface area (Å²) in [4.78, 5) is 57.1. The molecule has 31 heavy (non-hydrogen) atoms. The van der Waals surface area contributed by atoms with E-state index in [9.17, 15) is 34.2 Å². The van der Waals surface area contributed by atoms with Crippen molar-refractivity contribution in [1.82, 2.24) is 5.32 Å². The number of carboxylic acids is 1. The Morgan fingerprint density at radius 1 is 0.935 bits per heavy atom. The summed E-state index contributed by atoms with van der Waals surface area (Å²) >= 11 is 0. The first-order valence-corrected chi connectivity index (χ1v) is 9.30. The van der Waals surface area contributed by atoms with E-state index >= 15 is 0 Å². The highest BCUT2D eigenvalue weighted by molar-refractivity contribution is 5.75. The van der Waals surface area contributed by atoms with E-state index in [1.54, 1.807) is 0 Å². The number of carbonyl (C=O) groups excluding carboxylic acids is 4. The summed E-state index contributed by atoms with van der Waals surface area (Å²) in [7, 11) is 0. The van der Waals surface area contributed by atoms with E-state index in [1.165, 1.54) is 6.92 Å². The summed E-state index contributed by atoms with van der Waals surface area (Å²) < 4.78 is 25.5. The third-order valence-electron chi connectivity index (χ3n) is 4.15. The number of aliphatic hydroxyl groups excluding tert-OH is 1. The Morgan fingerprint density at radius 2 is 1.48 bits per heavy atom. The minimum atomic E-state index is -1.67. The third-order valence-corrected chi connectivity index (χ3v) is 4.15. The summed E-state index contributed by atoms with van der Waals surface area (Å²) in [6.07, 6.45) is -8.43. The first kappa shape index (κ1) is 26.3. The first-order chi connectivity index (χ1) is 14.3. The van der Waals surface area contributed by atoms with Crippen LogP contribution in [0.25, 0.3) is 0 Å². The molecule has 0 bridgehead atoms. The normalized spacial score (nSPS) is 27.4. The predicted octanol–water partition coefficient (Wildman–Crippen LogP) is -1.51. The molecule has 1 aliphatic rings. The van der Waals surface area contributed by atoms with Gasteiger partial charge in [-0.3, -0.25) is 29.3 Å². The smallest absolute Gasteiger partial charge is 0.324 e. The van der Waals surface area contributed by atoms with Crippen LogP contribution in [-0.2, 0) is 47.7 Å². The van der Waals surface area contributed by atoms with Crippen LogP contribution >= 0.6 is 0 Å². The molecule has 1 saturated heterocycles. The minimum Gasteiger partial charge on any atom is -0.480 e. The van der Waals surface area contributed by atoms with E-state index in [-0.39, 0.29) is 0 Å². The van der Waals surface area contributed by atoms with Gasteiger partial charge < -0.3 is 33.9 Å². The number of rotatable bonds is 9. The molecule has 3 N–H and O–H groups in total. The second-order valence-electron chi connectivity index (χ2n) is 6.83. The summed E-state index contributed by atoms with van der Waals surface area (Å²) in [5.74, 6) is -4.46. The van der Waals surface area contributed by atoms with Gasteiger partial charge in [0.1, 0.15) is 37.2 Å². The van der Waals surface area contributed by atoms with Gasteiger partial charge in [0.2, 0.25) is 0 Å². The molecule has 0 unspecified atom stereocenters. The van der Waals surface area contributed by atoms with Gasteiger partial charge >= 0.3 is 29.8 Å². The number of aliphatic hydroxyl groups is 1. The van der Waals surface area contributed by atoms with Gasteiger partial charge in [-0.2, -0.15) is 0 Å². The maximum absolute atomic E-state index is 11.7. The molecule has 1 aliphatic heterocycles. The van der Waals surface area contributed by atoms with Gasteiger partial charge in [0.25, 0.3) is 0 Å². The van der Waals surface area contributed by atoms with E-state index in [2.05, 4.69) is 5.32 Å². The number of nitrogens with one attached hydrogen (secondary N) is 1. The average molecular weight is 449 g/mol. The van der Waals surface area contributed by atoms with Crippen molar-refractivity contribution in [1.29, 1.82) is 0 Å². The van der Waals surface area contributed by atoms with Gasteiger partial charge in [-0.25, -0.2) is 0 Å². The number of carbonyl (C=O) groups is 5. The van der Waals surface area contributed by atoms with Crippen LogP contribution in [0.4, 0.5) is 0 Å². The van der Waals surface area contributed by atoms with Crippen LogP contribution in [0.2, 0.25) is 0 Å². The van der Waals surface area contributed by atoms with Gasteiger partial charge in [-0.05, 0) is 6.92 Å². The molecule has 7 atom stereocenters. The Hall–Kier alpha value is -2.77. The molecular weight excluding hydrogens is 422 g/mol. The molecule has 176 valence electrons. The number of aliphatic carboxylic acids is 1. The molecule has 1 heterocycles. The highest BCUT2D eigenvalue weighted by atomic mass is 16.6. The molecule has 0 aliphatic carbocycles. The first-order valence-electron chi connectivity index (χ1n) is 9.30. The van der Waals surface area contributed by atoms with E-state index in [0.29, 0.717) is 0 Å². The summed E-state index contributed by atoms with van der Waals surface area (Å²) in [5.41, 5.74) is 0. The summed E-state index contributed by atoms with van der Waals surface area (Å²) in [6, 6.07) is -1.53. The van der Waals surface area contributed by atoms with Gasteiger partial charge in [-0.1, -0.05) is 0 Å². The molecule has 0 aromatic heterocycles. The molecule has 0 spiro atoms. The van der Waals surface area contributed by atoms with Gasteiger partial charge in [0.05, 0.1) is 0 Å². The SMILES string of the molecule is CC(=O)OC[C@H]1O[C@H](N[C@H](C(=O)O)[C@@H](C)OC(C)=O)[C@H](OC(C)=O)[C@@H](O)[C@@H]1OC(C)=O. The quantitative estimate of drug-likeness (QED) is 0.273. The second kappa shape index (κ2) is 11.6. The largest absolute Gasteiger partial charge is 0.480 e. The number of hydrogen-bond acceptors (Lipinski definition) is 12. The summed E-state index contributed by atoms with van der Waals surface area (Å²) in [6.45, 7) is 5.20. The maximum Gasteiger partial charge on any atom is 0.324 e. The molecular formula is C18H27NO12. The second-order valence-corrected chi connectivity index (χ2v) is 6.83. The van der Waals surface area contributed by atoms with Crippen molar-refractivity contribution in [3.05, 3.63) is 0 Å². The lowest BCUT2D eigenvalue weighted by molar-refractivity contribution is -0.254. The summed E-state index contributed by atoms with van der Waals surface area (Å²) in [5, 5.41) is 22.8. The van der Waals surface area contributed by atoms with Gasteiger partial charge in [0.15, 0.2) is 12.2 Å². The third kappa shape index (κ3) is 8.11. The van der Waals surface area contributed by atoms with E-state index in [4.69, 9.17) is 23.7 Å². The van der Waals surface area contributed by atoms with Crippen molar-refractivity contribution >= 4 is 29.8 Å². The van der Waals surface area contributed by atoms with E-state index < -0.39 is 79.2 Å². The van der Waals surface area contributed by atoms with Crippen LogP contribution < -0.4 is 5.32 Å². The van der Waals surface area contributed by atoms with Crippen LogP contribution in [0, 0.1) is 0 Å². The van der Waals surface area contributed by atoms with Crippen molar-refractivity contribution < 1.29 is 57.9 Å². The Kier molecular flexibility index (Phi) is 9.81. The van der Waals surface area contributed by atoms with E-state index in [1.807, 2.05) is 0 Å². The molecule has 0 aromatic carbocycles. The zero-order valence-electron chi connectivity index (χ0n) is 17.7. The highest BCUT2D eigenvalue weighted by Crippen LogP contribution is 2.26. The topological polar surface area (TPSA) is 184 Å². The number of carboxylic acid groups (broad SMARTS) is 1. The zero-order chi connectivity index (χ0) is 23.9. The lowest BCUT2D eigenvalue weighted by Crippen LogP contribution is -2.67. The average Bonchev–Trinajstić information content (AvgIpc) is 2.61. The lowest BCUT2D eigenvalue weighted by Gasteiger charge is -2.44. The highest BCUT2D eigenvalue weighted by Gasteiger charge is 2.50. The van der Waals surface area contributed by atoms with E-state index in [0.717, 1.165) is 27.7 Å². The fraction of sp³-hybridized carbons (Fsp3) is 0.722. The van der Waals surface area contributed by atoms with Gasteiger partial charge in [-0.15, -0.1) is 0 Å². The van der Waals surface area contributed by atoms with Crippen LogP contribution in [0.15, 0.2) is 0 Å². The Bertz CT molecular complexity index is 693. The van der Waals surface area contributed by atoms with Crippen molar-refractivity contribution in [3.63, 3.8) is 0 Å². The van der Waals surface area contributed by atoms with Crippen LogP contribution in [-0.4, -0.2) is 89.5 Å². The Balaban J connectivity index is 3.23. The maximum atomic E-state index is 11.7. The standard InChI is InChI=1S/C18H27NO12/c1-7(28-9(3)21)13(18(25)26)19-17-16(30-11(5)23)14(24)15(29-10(4)22)12(31-17)6-27-8(2)20/h7,12-17,19,24H,6H2,1-5H3,(H,25,26)/t7-,12-,13+,14+,15-,16-,17+/m1/s1. The fourth-order valence-corrected chi connectivity index (χ4v) is 2.97. The monoisotopic (exact) mass is 449 g/mol. The Morgan fingerprint density at radius 3 is 1.94 bits per heavy atom. The number of hydrogen-bond donors (Lipinski definition) is 3. The Labute approximate surface area is 177 Å². The van der Waals surface area contributed by atoms with Crippen LogP contribution in [0.5, 0.6) is 0 Å². The lowest BCUT2D eigenvalue weighted by atomic mass is 9.97. The number of ether oxygens (including phenoxy) is 5. The fourth-order valence-electron chi connectivity index (χ4n) is 2.97. The minimum absolute atomic E-state index is 0.452. The predicted molar refractivity (Wildman–Crippen MR) is 98.2 cm³/mol. The van der Waals surface area contributed by atoms with Crippen molar-refractivity contribution in [2.75, 3.05) is 6.61 Å². The van der Waals surface area contributed by atoms with Crippen molar-refractivity contribution in [2.24, 2.45) is 0 Å². The molecule has 0 aromatic rings. The van der Waals surface area contributed by atoms with Crippen LogP contribution in [0.1, 0.15) is 34.6 Å². The molecule has 13 nitrogen and oxygen atoms in total. The molecule has 0 amide bonds. The molecule has 1 rings (SSSR count). The molecule has 13 heteroatoms. The molecule has 0 radical (unpaired) electrons. The molecule has 0 saturated carbocycles. The van der Waals surface area contributed by atoms with Crippen molar-refractivity contribution in [3.8, 4) is 0 Å².